The number of hydrogen-bond acceptors (Lipinski definition) is 3. The number of anilines is 1. The summed E-state index contributed by atoms with van der Waals surface area (Å²) in [5.74, 6) is 0.282. The lowest BCUT2D eigenvalue weighted by Crippen LogP contribution is -2.47. The highest BCUT2D eigenvalue weighted by Gasteiger charge is 2.44. The van der Waals surface area contributed by atoms with Gasteiger partial charge in [-0.3, -0.25) is 4.79 Å². The van der Waals surface area contributed by atoms with Crippen molar-refractivity contribution in [3.05, 3.63) is 30.3 Å². The molecule has 2 heterocycles. The Morgan fingerprint density at radius 3 is 2.89 bits per heavy atom. The van der Waals surface area contributed by atoms with Crippen LogP contribution in [0.2, 0.25) is 0 Å². The smallest absolute Gasteiger partial charge is 0.226 e. The molecule has 0 bridgehead atoms. The first-order valence-corrected chi connectivity index (χ1v) is 7.62. The van der Waals surface area contributed by atoms with Crippen LogP contribution in [0.25, 0.3) is 0 Å². The standard InChI is InChI=1S/C13H15N3OS2/c17-11-6-12-16(11)8-10(19-12)7-14-13(18)15-9-4-2-1-3-5-9/h1-5,10,12H,6-8H2,(H2,14,15,18)/t10?,12-/m1/s1. The van der Waals surface area contributed by atoms with Gasteiger partial charge in [0.1, 0.15) is 0 Å². The van der Waals surface area contributed by atoms with E-state index in [4.69, 9.17) is 12.2 Å². The van der Waals surface area contributed by atoms with Crippen molar-refractivity contribution >= 4 is 40.7 Å². The van der Waals surface area contributed by atoms with Crippen LogP contribution in [-0.4, -0.2) is 39.6 Å². The Morgan fingerprint density at radius 2 is 2.21 bits per heavy atom. The predicted molar refractivity (Wildman–Crippen MR) is 82.2 cm³/mol. The van der Waals surface area contributed by atoms with E-state index < -0.39 is 0 Å². The fourth-order valence-corrected chi connectivity index (χ4v) is 3.93. The van der Waals surface area contributed by atoms with Gasteiger partial charge in [-0.05, 0) is 24.4 Å². The Labute approximate surface area is 121 Å². The Morgan fingerprint density at radius 1 is 1.42 bits per heavy atom. The van der Waals surface area contributed by atoms with Gasteiger partial charge in [-0.2, -0.15) is 0 Å². The highest BCUT2D eigenvalue weighted by Crippen LogP contribution is 2.39. The molecule has 0 radical (unpaired) electrons. The van der Waals surface area contributed by atoms with Crippen LogP contribution in [0.15, 0.2) is 30.3 Å². The molecule has 3 rings (SSSR count). The molecule has 2 aliphatic rings. The zero-order valence-corrected chi connectivity index (χ0v) is 12.0. The number of amides is 1. The van der Waals surface area contributed by atoms with Crippen LogP contribution < -0.4 is 10.6 Å². The highest BCUT2D eigenvalue weighted by molar-refractivity contribution is 8.00. The van der Waals surface area contributed by atoms with E-state index >= 15 is 0 Å². The summed E-state index contributed by atoms with van der Waals surface area (Å²) in [4.78, 5) is 13.2. The van der Waals surface area contributed by atoms with Crippen LogP contribution in [0.5, 0.6) is 0 Å². The minimum Gasteiger partial charge on any atom is -0.361 e. The van der Waals surface area contributed by atoms with Gasteiger partial charge >= 0.3 is 0 Å². The highest BCUT2D eigenvalue weighted by atomic mass is 32.2. The number of fused-ring (bicyclic) bond motifs is 1. The summed E-state index contributed by atoms with van der Waals surface area (Å²) in [6.07, 6.45) is 0.702. The van der Waals surface area contributed by atoms with Gasteiger partial charge in [0.15, 0.2) is 5.11 Å². The first-order valence-electron chi connectivity index (χ1n) is 6.27. The van der Waals surface area contributed by atoms with Gasteiger partial charge in [0, 0.05) is 24.0 Å². The zero-order valence-electron chi connectivity index (χ0n) is 10.3. The molecule has 4 nitrogen and oxygen atoms in total. The fraction of sp³-hybridized carbons (Fsp3) is 0.385. The van der Waals surface area contributed by atoms with Crippen molar-refractivity contribution in [3.8, 4) is 0 Å². The number of benzene rings is 1. The number of thiocarbonyl (C=S) groups is 1. The molecule has 2 aliphatic heterocycles. The lowest BCUT2D eigenvalue weighted by molar-refractivity contribution is -0.140. The van der Waals surface area contributed by atoms with Gasteiger partial charge in [-0.1, -0.05) is 18.2 Å². The van der Waals surface area contributed by atoms with Crippen molar-refractivity contribution in [1.29, 1.82) is 0 Å². The molecule has 0 aliphatic carbocycles. The molecule has 0 saturated carbocycles. The van der Waals surface area contributed by atoms with Gasteiger partial charge in [0.25, 0.3) is 0 Å². The van der Waals surface area contributed by atoms with Crippen molar-refractivity contribution < 1.29 is 4.79 Å². The minimum atomic E-state index is 0.282. The molecule has 2 fully saturated rings. The van der Waals surface area contributed by atoms with E-state index in [1.165, 1.54) is 0 Å². The van der Waals surface area contributed by atoms with Crippen molar-refractivity contribution in [3.63, 3.8) is 0 Å². The number of nitrogens with zero attached hydrogens (tertiary/aromatic N) is 1. The van der Waals surface area contributed by atoms with Crippen LogP contribution >= 0.6 is 24.0 Å². The average Bonchev–Trinajstić information content (AvgIpc) is 2.74. The number of para-hydroxylation sites is 1. The third kappa shape index (κ3) is 2.84. The Hall–Kier alpha value is -1.27. The molecule has 2 atom stereocenters. The van der Waals surface area contributed by atoms with Gasteiger partial charge in [-0.15, -0.1) is 11.8 Å². The minimum absolute atomic E-state index is 0.282. The summed E-state index contributed by atoms with van der Waals surface area (Å²) in [5, 5.41) is 7.84. The summed E-state index contributed by atoms with van der Waals surface area (Å²) < 4.78 is 0. The van der Waals surface area contributed by atoms with Crippen LogP contribution in [0.1, 0.15) is 6.42 Å². The van der Waals surface area contributed by atoms with Gasteiger partial charge in [0.2, 0.25) is 5.91 Å². The first-order chi connectivity index (χ1) is 9.22. The molecule has 100 valence electrons. The number of rotatable bonds is 3. The number of nitrogens with one attached hydrogen (secondary N) is 2. The van der Waals surface area contributed by atoms with Crippen molar-refractivity contribution in [2.24, 2.45) is 0 Å². The maximum atomic E-state index is 11.3. The summed E-state index contributed by atoms with van der Waals surface area (Å²) in [7, 11) is 0. The Bertz CT molecular complexity index is 494. The fourth-order valence-electron chi connectivity index (χ4n) is 2.27. The van der Waals surface area contributed by atoms with Crippen LogP contribution in [0.3, 0.4) is 0 Å². The van der Waals surface area contributed by atoms with Crippen LogP contribution in [0, 0.1) is 0 Å². The average molecular weight is 293 g/mol. The molecular formula is C13H15N3OS2. The summed E-state index contributed by atoms with van der Waals surface area (Å²) in [5.41, 5.74) is 0.984. The summed E-state index contributed by atoms with van der Waals surface area (Å²) in [6.45, 7) is 1.64. The van der Waals surface area contributed by atoms with E-state index in [1.54, 1.807) is 0 Å². The van der Waals surface area contributed by atoms with E-state index in [0.29, 0.717) is 22.2 Å². The second-order valence-electron chi connectivity index (χ2n) is 4.66. The quantitative estimate of drug-likeness (QED) is 0.655. The van der Waals surface area contributed by atoms with Crippen LogP contribution in [0.4, 0.5) is 5.69 Å². The molecule has 2 N–H and O–H groups in total. The largest absolute Gasteiger partial charge is 0.361 e. The molecule has 1 amide bonds. The summed E-state index contributed by atoms with van der Waals surface area (Å²) >= 11 is 7.12. The maximum absolute atomic E-state index is 11.3. The number of hydrogen-bond donors (Lipinski definition) is 2. The first kappa shape index (κ1) is 12.7. The van der Waals surface area contributed by atoms with E-state index in [9.17, 15) is 4.79 Å². The third-order valence-electron chi connectivity index (χ3n) is 3.29. The molecule has 1 aromatic rings. The summed E-state index contributed by atoms with van der Waals surface area (Å²) in [6, 6.07) is 9.85. The van der Waals surface area contributed by atoms with E-state index in [2.05, 4.69) is 10.6 Å². The molecule has 2 saturated heterocycles. The molecule has 19 heavy (non-hydrogen) atoms. The van der Waals surface area contributed by atoms with Crippen molar-refractivity contribution in [2.45, 2.75) is 17.0 Å². The topological polar surface area (TPSA) is 44.4 Å². The Kier molecular flexibility index (Phi) is 3.61. The van der Waals surface area contributed by atoms with Crippen LogP contribution in [-0.2, 0) is 4.79 Å². The zero-order chi connectivity index (χ0) is 13.2. The van der Waals surface area contributed by atoms with E-state index in [1.807, 2.05) is 47.0 Å². The van der Waals surface area contributed by atoms with Crippen molar-refractivity contribution in [2.75, 3.05) is 18.4 Å². The van der Waals surface area contributed by atoms with E-state index in [0.717, 1.165) is 18.8 Å². The molecular weight excluding hydrogens is 278 g/mol. The SMILES string of the molecule is O=C1C[C@H]2SC(CNC(=S)Nc3ccccc3)CN12. The Balaban J connectivity index is 1.43. The monoisotopic (exact) mass is 293 g/mol. The lowest BCUT2D eigenvalue weighted by Gasteiger charge is -2.32. The second-order valence-corrected chi connectivity index (χ2v) is 6.56. The molecule has 6 heteroatoms. The number of thioether (sulfide) groups is 1. The number of carbonyl (C=O) groups excluding carboxylic acids is 1. The molecule has 0 spiro atoms. The predicted octanol–water partition coefficient (Wildman–Crippen LogP) is 1.65. The number of carbonyl (C=O) groups is 1. The third-order valence-corrected chi connectivity index (χ3v) is 4.97. The second kappa shape index (κ2) is 5.38. The molecule has 1 unspecified atom stereocenters. The lowest BCUT2D eigenvalue weighted by atomic mass is 10.2. The molecule has 0 aromatic heterocycles. The van der Waals surface area contributed by atoms with Gasteiger partial charge in [-0.25, -0.2) is 0 Å². The van der Waals surface area contributed by atoms with Crippen molar-refractivity contribution in [1.82, 2.24) is 10.2 Å². The molecule has 1 aromatic carbocycles. The number of β-lactam (4-membered cyclic amide) rings is 1. The van der Waals surface area contributed by atoms with E-state index in [-0.39, 0.29) is 5.91 Å². The normalized spacial score (nSPS) is 24.6. The maximum Gasteiger partial charge on any atom is 0.226 e. The van der Waals surface area contributed by atoms with Gasteiger partial charge in [0.05, 0.1) is 11.8 Å². The van der Waals surface area contributed by atoms with Gasteiger partial charge < -0.3 is 15.5 Å².